The molecule has 0 spiro atoms. The third kappa shape index (κ3) is 3.94. The molecule has 140 valence electrons. The van der Waals surface area contributed by atoms with Crippen LogP contribution in [0.2, 0.25) is 0 Å². The molecule has 1 saturated heterocycles. The molecule has 1 amide bonds. The summed E-state index contributed by atoms with van der Waals surface area (Å²) in [6, 6.07) is 8.22. The fraction of sp³-hybridized carbons (Fsp3) is 0.350. The van der Waals surface area contributed by atoms with Crippen molar-refractivity contribution in [2.24, 2.45) is 7.05 Å². The number of amides is 1. The van der Waals surface area contributed by atoms with Gasteiger partial charge in [-0.05, 0) is 49.5 Å². The monoisotopic (exact) mass is 381 g/mol. The highest BCUT2D eigenvalue weighted by molar-refractivity contribution is 7.10. The fourth-order valence-corrected chi connectivity index (χ4v) is 4.47. The van der Waals surface area contributed by atoms with Crippen LogP contribution < -0.4 is 5.32 Å². The maximum absolute atomic E-state index is 12.9. The van der Waals surface area contributed by atoms with Gasteiger partial charge in [-0.3, -0.25) is 19.4 Å². The van der Waals surface area contributed by atoms with E-state index >= 15 is 0 Å². The van der Waals surface area contributed by atoms with Crippen LogP contribution in [0.1, 0.15) is 34.1 Å². The predicted octanol–water partition coefficient (Wildman–Crippen LogP) is 3.11. The minimum atomic E-state index is -0.0873. The molecule has 7 heteroatoms. The first-order valence-electron chi connectivity index (χ1n) is 9.22. The Kier molecular flexibility index (Phi) is 5.31. The molecule has 3 aromatic heterocycles. The van der Waals surface area contributed by atoms with Crippen molar-refractivity contribution in [1.29, 1.82) is 0 Å². The molecule has 0 saturated carbocycles. The lowest BCUT2D eigenvalue weighted by Gasteiger charge is -2.26. The molecule has 1 N–H and O–H groups in total. The van der Waals surface area contributed by atoms with Gasteiger partial charge in [0.05, 0.1) is 11.6 Å². The summed E-state index contributed by atoms with van der Waals surface area (Å²) in [6.45, 7) is 2.78. The van der Waals surface area contributed by atoms with Gasteiger partial charge in [-0.2, -0.15) is 5.10 Å². The van der Waals surface area contributed by atoms with E-state index in [1.807, 2.05) is 19.2 Å². The van der Waals surface area contributed by atoms with Crippen LogP contribution in [0.25, 0.3) is 11.3 Å². The largest absolute Gasteiger partial charge is 0.350 e. The highest BCUT2D eigenvalue weighted by atomic mass is 32.1. The summed E-state index contributed by atoms with van der Waals surface area (Å²) in [5.74, 6) is -0.0873. The molecule has 6 nitrogen and oxygen atoms in total. The normalized spacial score (nSPS) is 15.7. The molecule has 1 aliphatic rings. The van der Waals surface area contributed by atoms with Crippen molar-refractivity contribution in [3.8, 4) is 11.3 Å². The van der Waals surface area contributed by atoms with Gasteiger partial charge < -0.3 is 5.32 Å². The van der Waals surface area contributed by atoms with Crippen molar-refractivity contribution in [1.82, 2.24) is 25.0 Å². The fourth-order valence-electron chi connectivity index (χ4n) is 3.61. The summed E-state index contributed by atoms with van der Waals surface area (Å²) in [5.41, 5.74) is 2.17. The number of thiophene rings is 1. The molecule has 27 heavy (non-hydrogen) atoms. The van der Waals surface area contributed by atoms with E-state index in [9.17, 15) is 4.79 Å². The van der Waals surface area contributed by atoms with Crippen molar-refractivity contribution in [3.05, 3.63) is 58.7 Å². The summed E-state index contributed by atoms with van der Waals surface area (Å²) >= 11 is 1.75. The van der Waals surface area contributed by atoms with Gasteiger partial charge >= 0.3 is 0 Å². The van der Waals surface area contributed by atoms with Gasteiger partial charge in [0.1, 0.15) is 5.69 Å². The van der Waals surface area contributed by atoms with Gasteiger partial charge in [0.2, 0.25) is 0 Å². The Bertz CT molecular complexity index is 885. The summed E-state index contributed by atoms with van der Waals surface area (Å²) in [4.78, 5) is 20.8. The van der Waals surface area contributed by atoms with Gasteiger partial charge in [-0.1, -0.05) is 6.07 Å². The third-order valence-electron chi connectivity index (χ3n) is 4.94. The summed E-state index contributed by atoms with van der Waals surface area (Å²) in [7, 11) is 1.83. The molecule has 0 bridgehead atoms. The van der Waals surface area contributed by atoms with Crippen LogP contribution >= 0.6 is 11.3 Å². The van der Waals surface area contributed by atoms with Crippen LogP contribution in [0.3, 0.4) is 0 Å². The maximum atomic E-state index is 12.9. The number of hydrogen-bond donors (Lipinski definition) is 1. The SMILES string of the molecule is Cn1cc(C(=O)NCC(c2cccs2)N2CCCC2)c(-c2ccncc2)n1. The quantitative estimate of drug-likeness (QED) is 0.713. The predicted molar refractivity (Wildman–Crippen MR) is 107 cm³/mol. The minimum Gasteiger partial charge on any atom is -0.350 e. The van der Waals surface area contributed by atoms with Crippen LogP contribution in [0, 0.1) is 0 Å². The zero-order chi connectivity index (χ0) is 18.6. The second-order valence-electron chi connectivity index (χ2n) is 6.79. The number of carbonyl (C=O) groups excluding carboxylic acids is 1. The minimum absolute atomic E-state index is 0.0873. The van der Waals surface area contributed by atoms with Crippen LogP contribution in [-0.4, -0.2) is 45.2 Å². The number of nitrogens with one attached hydrogen (secondary N) is 1. The van der Waals surface area contributed by atoms with Crippen molar-refractivity contribution >= 4 is 17.2 Å². The first kappa shape index (κ1) is 17.9. The average molecular weight is 382 g/mol. The van der Waals surface area contributed by atoms with E-state index in [0.29, 0.717) is 17.8 Å². The second kappa shape index (κ2) is 8.02. The van der Waals surface area contributed by atoms with Crippen LogP contribution in [0.4, 0.5) is 0 Å². The third-order valence-corrected chi connectivity index (χ3v) is 5.91. The van der Waals surface area contributed by atoms with E-state index in [-0.39, 0.29) is 11.9 Å². The first-order valence-corrected chi connectivity index (χ1v) is 10.1. The Morgan fingerprint density at radius 1 is 1.26 bits per heavy atom. The maximum Gasteiger partial charge on any atom is 0.255 e. The van der Waals surface area contributed by atoms with E-state index in [1.165, 1.54) is 17.7 Å². The Morgan fingerprint density at radius 3 is 2.74 bits per heavy atom. The number of aryl methyl sites for hydroxylation is 1. The van der Waals surface area contributed by atoms with Crippen LogP contribution in [-0.2, 0) is 7.05 Å². The molecule has 1 fully saturated rings. The van der Waals surface area contributed by atoms with E-state index in [1.54, 1.807) is 34.6 Å². The molecule has 1 atom stereocenters. The lowest BCUT2D eigenvalue weighted by molar-refractivity contribution is 0.0939. The standard InChI is InChI=1S/C20H23N5OS/c1-24-14-16(19(23-24)15-6-8-21-9-7-15)20(26)22-13-17(18-5-4-12-27-18)25-10-2-3-11-25/h4-9,12,14,17H,2-3,10-11,13H2,1H3,(H,22,26). The van der Waals surface area contributed by atoms with Crippen molar-refractivity contribution < 1.29 is 4.79 Å². The summed E-state index contributed by atoms with van der Waals surface area (Å²) in [5, 5.41) is 9.72. The molecular weight excluding hydrogens is 358 g/mol. The van der Waals surface area contributed by atoms with Crippen molar-refractivity contribution in [2.45, 2.75) is 18.9 Å². The molecule has 1 aliphatic heterocycles. The molecule has 0 aliphatic carbocycles. The number of hydrogen-bond acceptors (Lipinski definition) is 5. The Hall–Kier alpha value is -2.51. The second-order valence-corrected chi connectivity index (χ2v) is 7.76. The molecule has 3 aromatic rings. The lowest BCUT2D eigenvalue weighted by atomic mass is 10.1. The number of rotatable bonds is 6. The summed E-state index contributed by atoms with van der Waals surface area (Å²) < 4.78 is 1.68. The molecule has 4 rings (SSSR count). The molecule has 4 heterocycles. The van der Waals surface area contributed by atoms with E-state index in [0.717, 1.165) is 18.7 Å². The molecule has 0 radical (unpaired) electrons. The van der Waals surface area contributed by atoms with Crippen molar-refractivity contribution in [2.75, 3.05) is 19.6 Å². The van der Waals surface area contributed by atoms with E-state index < -0.39 is 0 Å². The van der Waals surface area contributed by atoms with E-state index in [2.05, 4.69) is 37.8 Å². The molecular formula is C20H23N5OS. The van der Waals surface area contributed by atoms with Crippen LogP contribution in [0.5, 0.6) is 0 Å². The zero-order valence-electron chi connectivity index (χ0n) is 15.3. The van der Waals surface area contributed by atoms with Gasteiger partial charge in [-0.25, -0.2) is 0 Å². The Balaban J connectivity index is 1.52. The number of likely N-dealkylation sites (tertiary alicyclic amines) is 1. The number of nitrogens with zero attached hydrogens (tertiary/aromatic N) is 4. The zero-order valence-corrected chi connectivity index (χ0v) is 16.2. The lowest BCUT2D eigenvalue weighted by Crippen LogP contribution is -2.36. The van der Waals surface area contributed by atoms with Gasteiger partial charge in [0.25, 0.3) is 5.91 Å². The van der Waals surface area contributed by atoms with Gasteiger partial charge in [-0.15, -0.1) is 11.3 Å². The van der Waals surface area contributed by atoms with Gasteiger partial charge in [0, 0.05) is 42.6 Å². The first-order chi connectivity index (χ1) is 13.2. The average Bonchev–Trinajstić information content (AvgIpc) is 3.45. The smallest absolute Gasteiger partial charge is 0.255 e. The highest BCUT2D eigenvalue weighted by Gasteiger charge is 2.25. The van der Waals surface area contributed by atoms with E-state index in [4.69, 9.17) is 0 Å². The molecule has 1 unspecified atom stereocenters. The Morgan fingerprint density at radius 2 is 2.04 bits per heavy atom. The van der Waals surface area contributed by atoms with Crippen LogP contribution in [0.15, 0.2) is 48.2 Å². The number of pyridine rings is 1. The highest BCUT2D eigenvalue weighted by Crippen LogP contribution is 2.28. The topological polar surface area (TPSA) is 63.1 Å². The molecule has 0 aromatic carbocycles. The van der Waals surface area contributed by atoms with Gasteiger partial charge in [0.15, 0.2) is 0 Å². The summed E-state index contributed by atoms with van der Waals surface area (Å²) in [6.07, 6.45) is 7.66. The number of aromatic nitrogens is 3. The number of carbonyl (C=O) groups is 1. The van der Waals surface area contributed by atoms with Crippen molar-refractivity contribution in [3.63, 3.8) is 0 Å². The Labute approximate surface area is 162 Å².